The summed E-state index contributed by atoms with van der Waals surface area (Å²) < 4.78 is 26.7. The Morgan fingerprint density at radius 2 is 1.95 bits per heavy atom. The summed E-state index contributed by atoms with van der Waals surface area (Å²) in [6, 6.07) is 5.18. The van der Waals surface area contributed by atoms with Crippen molar-refractivity contribution >= 4 is 16.0 Å². The van der Waals surface area contributed by atoms with Crippen molar-refractivity contribution in [2.75, 3.05) is 13.2 Å². The van der Waals surface area contributed by atoms with Crippen LogP contribution < -0.4 is 0 Å². The molecule has 1 heterocycles. The number of aliphatic hydroxyl groups excluding tert-OH is 1. The molecule has 6 nitrogen and oxygen atoms in total. The van der Waals surface area contributed by atoms with Crippen LogP contribution in [0.5, 0.6) is 0 Å². The number of aliphatic hydroxyl groups is 1. The maximum Gasteiger partial charge on any atom is 0.335 e. The topological polar surface area (TPSA) is 94.9 Å². The van der Waals surface area contributed by atoms with E-state index in [9.17, 15) is 13.2 Å². The number of aromatic carboxylic acids is 1. The third-order valence-corrected chi connectivity index (χ3v) is 5.69. The van der Waals surface area contributed by atoms with Crippen LogP contribution in [-0.4, -0.2) is 48.1 Å². The van der Waals surface area contributed by atoms with Crippen molar-refractivity contribution in [3.05, 3.63) is 29.8 Å². The fourth-order valence-corrected chi connectivity index (χ4v) is 4.37. The highest BCUT2D eigenvalue weighted by molar-refractivity contribution is 7.89. The summed E-state index contributed by atoms with van der Waals surface area (Å²) >= 11 is 0. The van der Waals surface area contributed by atoms with Crippen molar-refractivity contribution < 1.29 is 23.4 Å². The van der Waals surface area contributed by atoms with E-state index in [0.29, 0.717) is 19.4 Å². The predicted molar refractivity (Wildman–Crippen MR) is 76.6 cm³/mol. The van der Waals surface area contributed by atoms with E-state index < -0.39 is 16.0 Å². The number of carboxylic acids is 1. The molecule has 116 valence electrons. The van der Waals surface area contributed by atoms with Crippen LogP contribution >= 0.6 is 0 Å². The molecule has 7 heteroatoms. The average Bonchev–Trinajstić information content (AvgIpc) is 2.94. The molecule has 0 amide bonds. The second-order valence-electron chi connectivity index (χ2n) is 5.11. The molecule has 0 radical (unpaired) electrons. The molecule has 2 rings (SSSR count). The molecule has 0 aliphatic carbocycles. The molecule has 1 aliphatic rings. The van der Waals surface area contributed by atoms with Crippen LogP contribution in [0.1, 0.15) is 36.0 Å². The molecule has 1 fully saturated rings. The van der Waals surface area contributed by atoms with Crippen LogP contribution in [0.15, 0.2) is 29.2 Å². The highest BCUT2D eigenvalue weighted by Gasteiger charge is 2.34. The van der Waals surface area contributed by atoms with Gasteiger partial charge in [-0.15, -0.1) is 0 Å². The van der Waals surface area contributed by atoms with Gasteiger partial charge in [-0.05, 0) is 49.9 Å². The Morgan fingerprint density at radius 3 is 2.52 bits per heavy atom. The third kappa shape index (κ3) is 3.42. The molecule has 0 saturated carbocycles. The third-order valence-electron chi connectivity index (χ3n) is 3.73. The van der Waals surface area contributed by atoms with Crippen LogP contribution in [0, 0.1) is 0 Å². The van der Waals surface area contributed by atoms with Crippen LogP contribution in [-0.2, 0) is 10.0 Å². The standard InChI is InChI=1S/C14H19NO5S/c16-10-2-4-12-3-1-9-15(12)21(19,20)13-7-5-11(6-8-13)14(17)18/h5-8,12,16H,1-4,9-10H2,(H,17,18). The van der Waals surface area contributed by atoms with E-state index >= 15 is 0 Å². The van der Waals surface area contributed by atoms with Gasteiger partial charge in [0.2, 0.25) is 10.0 Å². The number of hydrogen-bond donors (Lipinski definition) is 2. The summed E-state index contributed by atoms with van der Waals surface area (Å²) in [6.07, 6.45) is 2.83. The molecule has 1 saturated heterocycles. The zero-order chi connectivity index (χ0) is 15.5. The summed E-state index contributed by atoms with van der Waals surface area (Å²) in [5.41, 5.74) is 0.0622. The van der Waals surface area contributed by atoms with Gasteiger partial charge in [0.15, 0.2) is 0 Å². The molecular weight excluding hydrogens is 294 g/mol. The van der Waals surface area contributed by atoms with Gasteiger partial charge in [-0.25, -0.2) is 13.2 Å². The Balaban J connectivity index is 2.22. The largest absolute Gasteiger partial charge is 0.478 e. The number of nitrogens with zero attached hydrogens (tertiary/aromatic N) is 1. The molecule has 0 spiro atoms. The normalized spacial score (nSPS) is 19.8. The SMILES string of the molecule is O=C(O)c1ccc(S(=O)(=O)N2CCCC2CCCO)cc1. The first-order chi connectivity index (χ1) is 9.96. The molecule has 2 N–H and O–H groups in total. The van der Waals surface area contributed by atoms with Crippen molar-refractivity contribution in [3.63, 3.8) is 0 Å². The lowest BCUT2D eigenvalue weighted by Gasteiger charge is -2.24. The minimum Gasteiger partial charge on any atom is -0.478 e. The lowest BCUT2D eigenvalue weighted by atomic mass is 10.1. The zero-order valence-electron chi connectivity index (χ0n) is 11.6. The van der Waals surface area contributed by atoms with Crippen molar-refractivity contribution in [2.45, 2.75) is 36.6 Å². The fraction of sp³-hybridized carbons (Fsp3) is 0.500. The first-order valence-electron chi connectivity index (χ1n) is 6.93. The van der Waals surface area contributed by atoms with Gasteiger partial charge < -0.3 is 10.2 Å². The number of benzene rings is 1. The highest BCUT2D eigenvalue weighted by Crippen LogP contribution is 2.28. The van der Waals surface area contributed by atoms with E-state index in [1.165, 1.54) is 28.6 Å². The number of rotatable bonds is 6. The monoisotopic (exact) mass is 313 g/mol. The van der Waals surface area contributed by atoms with Crippen molar-refractivity contribution in [1.29, 1.82) is 0 Å². The molecule has 1 atom stereocenters. The molecule has 0 aromatic heterocycles. The van der Waals surface area contributed by atoms with Crippen molar-refractivity contribution in [1.82, 2.24) is 4.31 Å². The van der Waals surface area contributed by atoms with Gasteiger partial charge >= 0.3 is 5.97 Å². The summed E-state index contributed by atoms with van der Waals surface area (Å²) in [7, 11) is -3.60. The minimum absolute atomic E-state index is 0.0533. The van der Waals surface area contributed by atoms with Gasteiger partial charge in [-0.2, -0.15) is 4.31 Å². The summed E-state index contributed by atoms with van der Waals surface area (Å²) in [6.45, 7) is 0.525. The summed E-state index contributed by atoms with van der Waals surface area (Å²) in [4.78, 5) is 10.9. The number of carbonyl (C=O) groups is 1. The smallest absolute Gasteiger partial charge is 0.335 e. The van der Waals surface area contributed by atoms with Crippen LogP contribution in [0.2, 0.25) is 0 Å². The van der Waals surface area contributed by atoms with Gasteiger partial charge in [0.25, 0.3) is 0 Å². The molecule has 1 unspecified atom stereocenters. The fourth-order valence-electron chi connectivity index (χ4n) is 2.65. The second-order valence-corrected chi connectivity index (χ2v) is 7.00. The first kappa shape index (κ1) is 15.9. The van der Waals surface area contributed by atoms with Gasteiger partial charge in [-0.1, -0.05) is 0 Å². The van der Waals surface area contributed by atoms with Crippen molar-refractivity contribution in [3.8, 4) is 0 Å². The molecule has 1 aliphatic heterocycles. The maximum absolute atomic E-state index is 12.6. The number of sulfonamides is 1. The first-order valence-corrected chi connectivity index (χ1v) is 8.37. The molecule has 21 heavy (non-hydrogen) atoms. The Labute approximate surface area is 124 Å². The van der Waals surface area contributed by atoms with E-state index in [1.807, 2.05) is 0 Å². The Kier molecular flexibility index (Phi) is 4.97. The van der Waals surface area contributed by atoms with E-state index in [0.717, 1.165) is 12.8 Å². The predicted octanol–water partition coefficient (Wildman–Crippen LogP) is 1.31. The molecule has 1 aromatic rings. The van der Waals surface area contributed by atoms with Gasteiger partial charge in [0.1, 0.15) is 0 Å². The van der Waals surface area contributed by atoms with Gasteiger partial charge in [0, 0.05) is 19.2 Å². The van der Waals surface area contributed by atoms with E-state index in [2.05, 4.69) is 0 Å². The van der Waals surface area contributed by atoms with E-state index in [1.54, 1.807) is 0 Å². The Morgan fingerprint density at radius 1 is 1.29 bits per heavy atom. The zero-order valence-corrected chi connectivity index (χ0v) is 12.4. The van der Waals surface area contributed by atoms with Gasteiger partial charge in [-0.3, -0.25) is 0 Å². The highest BCUT2D eigenvalue weighted by atomic mass is 32.2. The molecule has 0 bridgehead atoms. The Hall–Kier alpha value is -1.44. The number of carboxylic acid groups (broad SMARTS) is 1. The Bertz CT molecular complexity index is 596. The van der Waals surface area contributed by atoms with Crippen LogP contribution in [0.25, 0.3) is 0 Å². The second kappa shape index (κ2) is 6.55. The lowest BCUT2D eigenvalue weighted by Crippen LogP contribution is -2.35. The van der Waals surface area contributed by atoms with E-state index in [-0.39, 0.29) is 23.1 Å². The molecule has 1 aromatic carbocycles. The maximum atomic E-state index is 12.6. The molecular formula is C14H19NO5S. The van der Waals surface area contributed by atoms with E-state index in [4.69, 9.17) is 10.2 Å². The van der Waals surface area contributed by atoms with Crippen LogP contribution in [0.4, 0.5) is 0 Å². The minimum atomic E-state index is -3.60. The number of hydrogen-bond acceptors (Lipinski definition) is 4. The van der Waals surface area contributed by atoms with Crippen molar-refractivity contribution in [2.24, 2.45) is 0 Å². The average molecular weight is 313 g/mol. The lowest BCUT2D eigenvalue weighted by molar-refractivity contribution is 0.0696. The summed E-state index contributed by atoms with van der Waals surface area (Å²) in [5, 5.41) is 17.7. The van der Waals surface area contributed by atoms with Crippen LogP contribution in [0.3, 0.4) is 0 Å². The van der Waals surface area contributed by atoms with Gasteiger partial charge in [0.05, 0.1) is 10.5 Å². The quantitative estimate of drug-likeness (QED) is 0.825. The summed E-state index contributed by atoms with van der Waals surface area (Å²) in [5.74, 6) is -1.08.